The minimum absolute atomic E-state index is 0.178. The van der Waals surface area contributed by atoms with Gasteiger partial charge in [0, 0.05) is 10.9 Å². The van der Waals surface area contributed by atoms with Crippen LogP contribution >= 0.6 is 27.3 Å². The SMILES string of the molecule is Cc1ccc(C(C)(C)C)cc1-c1nc(Br)cs1. The lowest BCUT2D eigenvalue weighted by atomic mass is 9.85. The van der Waals surface area contributed by atoms with Crippen molar-refractivity contribution in [3.05, 3.63) is 39.3 Å². The van der Waals surface area contributed by atoms with Crippen LogP contribution in [0.15, 0.2) is 28.2 Å². The van der Waals surface area contributed by atoms with Gasteiger partial charge in [-0.1, -0.05) is 32.9 Å². The summed E-state index contributed by atoms with van der Waals surface area (Å²) < 4.78 is 0.915. The van der Waals surface area contributed by atoms with Crippen molar-refractivity contribution in [2.75, 3.05) is 0 Å². The number of hydrogen-bond donors (Lipinski definition) is 0. The Morgan fingerprint density at radius 2 is 1.94 bits per heavy atom. The molecule has 1 aromatic heterocycles. The molecule has 17 heavy (non-hydrogen) atoms. The molecule has 0 aliphatic heterocycles. The third kappa shape index (κ3) is 2.78. The number of benzene rings is 1. The van der Waals surface area contributed by atoms with Crippen LogP contribution in [0, 0.1) is 6.92 Å². The molecule has 2 aromatic rings. The number of hydrogen-bond acceptors (Lipinski definition) is 2. The zero-order valence-corrected chi connectivity index (χ0v) is 12.9. The normalized spacial score (nSPS) is 11.8. The standard InChI is InChI=1S/C14H16BrNS/c1-9-5-6-10(14(2,3)4)7-11(9)13-16-12(15)8-17-13/h5-8H,1-4H3. The third-order valence-corrected chi connectivity index (χ3v) is 4.40. The molecule has 2 rings (SSSR count). The number of halogens is 1. The van der Waals surface area contributed by atoms with Crippen molar-refractivity contribution >= 4 is 27.3 Å². The molecule has 0 fully saturated rings. The maximum atomic E-state index is 4.50. The zero-order valence-electron chi connectivity index (χ0n) is 10.5. The van der Waals surface area contributed by atoms with E-state index < -0.39 is 0 Å². The minimum Gasteiger partial charge on any atom is -0.229 e. The Kier molecular flexibility index (Phi) is 3.41. The lowest BCUT2D eigenvalue weighted by molar-refractivity contribution is 0.590. The first-order valence-electron chi connectivity index (χ1n) is 5.60. The zero-order chi connectivity index (χ0) is 12.6. The summed E-state index contributed by atoms with van der Waals surface area (Å²) in [7, 11) is 0. The van der Waals surface area contributed by atoms with Crippen LogP contribution < -0.4 is 0 Å². The van der Waals surface area contributed by atoms with E-state index in [1.54, 1.807) is 11.3 Å². The first kappa shape index (κ1) is 12.8. The van der Waals surface area contributed by atoms with E-state index in [0.29, 0.717) is 0 Å². The number of aromatic nitrogens is 1. The summed E-state index contributed by atoms with van der Waals surface area (Å²) >= 11 is 5.09. The van der Waals surface area contributed by atoms with Crippen molar-refractivity contribution in [1.29, 1.82) is 0 Å². The van der Waals surface area contributed by atoms with E-state index in [1.807, 2.05) is 5.38 Å². The fourth-order valence-corrected chi connectivity index (χ4v) is 3.03. The second kappa shape index (κ2) is 4.54. The third-order valence-electron chi connectivity index (χ3n) is 2.81. The second-order valence-corrected chi connectivity index (χ2v) is 6.93. The average molecular weight is 310 g/mol. The summed E-state index contributed by atoms with van der Waals surface area (Å²) in [6.07, 6.45) is 0. The van der Waals surface area contributed by atoms with Gasteiger partial charge in [-0.2, -0.15) is 0 Å². The van der Waals surface area contributed by atoms with E-state index in [4.69, 9.17) is 0 Å². The van der Waals surface area contributed by atoms with Gasteiger partial charge in [-0.25, -0.2) is 4.98 Å². The highest BCUT2D eigenvalue weighted by molar-refractivity contribution is 9.10. The van der Waals surface area contributed by atoms with Crippen molar-refractivity contribution in [3.63, 3.8) is 0 Å². The van der Waals surface area contributed by atoms with Gasteiger partial charge in [0.2, 0.25) is 0 Å². The van der Waals surface area contributed by atoms with Gasteiger partial charge in [0.1, 0.15) is 9.61 Å². The van der Waals surface area contributed by atoms with Crippen LogP contribution in [0.5, 0.6) is 0 Å². The van der Waals surface area contributed by atoms with E-state index in [0.717, 1.165) is 9.61 Å². The monoisotopic (exact) mass is 309 g/mol. The van der Waals surface area contributed by atoms with Crippen molar-refractivity contribution in [2.24, 2.45) is 0 Å². The molecule has 0 aliphatic rings. The molecular weight excluding hydrogens is 294 g/mol. The Hall–Kier alpha value is -0.670. The molecule has 0 saturated heterocycles. The summed E-state index contributed by atoms with van der Waals surface area (Å²) in [6.45, 7) is 8.84. The lowest BCUT2D eigenvalue weighted by Crippen LogP contribution is -2.11. The Bertz CT molecular complexity index is 537. The fourth-order valence-electron chi connectivity index (χ4n) is 1.70. The molecule has 90 valence electrons. The van der Waals surface area contributed by atoms with Gasteiger partial charge in [0.25, 0.3) is 0 Å². The Labute approximate surface area is 115 Å². The van der Waals surface area contributed by atoms with Gasteiger partial charge in [0.05, 0.1) is 0 Å². The van der Waals surface area contributed by atoms with E-state index in [9.17, 15) is 0 Å². The highest BCUT2D eigenvalue weighted by atomic mass is 79.9. The number of rotatable bonds is 1. The molecule has 0 spiro atoms. The second-order valence-electron chi connectivity index (χ2n) is 5.26. The van der Waals surface area contributed by atoms with Crippen LogP contribution in [0.2, 0.25) is 0 Å². The largest absolute Gasteiger partial charge is 0.229 e. The number of nitrogens with zero attached hydrogens (tertiary/aromatic N) is 1. The Morgan fingerprint density at radius 1 is 1.24 bits per heavy atom. The van der Waals surface area contributed by atoms with Gasteiger partial charge in [-0.05, 0) is 45.5 Å². The molecule has 1 nitrogen and oxygen atoms in total. The summed E-state index contributed by atoms with van der Waals surface area (Å²) in [4.78, 5) is 4.50. The fraction of sp³-hybridized carbons (Fsp3) is 0.357. The predicted octanol–water partition coefficient (Wildman–Crippen LogP) is 5.18. The summed E-state index contributed by atoms with van der Waals surface area (Å²) in [5.41, 5.74) is 4.05. The van der Waals surface area contributed by atoms with Crippen molar-refractivity contribution in [1.82, 2.24) is 4.98 Å². The lowest BCUT2D eigenvalue weighted by Gasteiger charge is -2.20. The average Bonchev–Trinajstić information content (AvgIpc) is 2.63. The van der Waals surface area contributed by atoms with Crippen molar-refractivity contribution in [2.45, 2.75) is 33.1 Å². The Morgan fingerprint density at radius 3 is 2.47 bits per heavy atom. The molecule has 0 amide bonds. The molecule has 0 radical (unpaired) electrons. The van der Waals surface area contributed by atoms with E-state index >= 15 is 0 Å². The smallest absolute Gasteiger partial charge is 0.124 e. The molecule has 0 bridgehead atoms. The van der Waals surface area contributed by atoms with Crippen LogP contribution in [0.4, 0.5) is 0 Å². The van der Waals surface area contributed by atoms with E-state index in [-0.39, 0.29) is 5.41 Å². The van der Waals surface area contributed by atoms with Gasteiger partial charge in [-0.3, -0.25) is 0 Å². The van der Waals surface area contributed by atoms with Crippen LogP contribution in [0.3, 0.4) is 0 Å². The van der Waals surface area contributed by atoms with Crippen LogP contribution in [-0.4, -0.2) is 4.98 Å². The maximum Gasteiger partial charge on any atom is 0.124 e. The van der Waals surface area contributed by atoms with Gasteiger partial charge >= 0.3 is 0 Å². The van der Waals surface area contributed by atoms with Crippen LogP contribution in [-0.2, 0) is 5.41 Å². The van der Waals surface area contributed by atoms with Gasteiger partial charge in [-0.15, -0.1) is 11.3 Å². The highest BCUT2D eigenvalue weighted by Crippen LogP contribution is 2.32. The summed E-state index contributed by atoms with van der Waals surface area (Å²) in [6, 6.07) is 6.66. The predicted molar refractivity (Wildman–Crippen MR) is 78.7 cm³/mol. The first-order chi connectivity index (χ1) is 7.88. The van der Waals surface area contributed by atoms with Gasteiger partial charge < -0.3 is 0 Å². The van der Waals surface area contributed by atoms with E-state index in [2.05, 4.69) is 66.8 Å². The van der Waals surface area contributed by atoms with Crippen molar-refractivity contribution in [3.8, 4) is 10.6 Å². The summed E-state index contributed by atoms with van der Waals surface area (Å²) in [5.74, 6) is 0. The summed E-state index contributed by atoms with van der Waals surface area (Å²) in [5, 5.41) is 3.11. The molecule has 0 saturated carbocycles. The molecule has 1 heterocycles. The van der Waals surface area contributed by atoms with E-state index in [1.165, 1.54) is 16.7 Å². The Balaban J connectivity index is 2.54. The van der Waals surface area contributed by atoms with Crippen molar-refractivity contribution < 1.29 is 0 Å². The number of aryl methyl sites for hydroxylation is 1. The highest BCUT2D eigenvalue weighted by Gasteiger charge is 2.16. The quantitative estimate of drug-likeness (QED) is 0.707. The van der Waals surface area contributed by atoms with Crippen LogP contribution in [0.1, 0.15) is 31.9 Å². The molecular formula is C14H16BrNS. The molecule has 0 aliphatic carbocycles. The first-order valence-corrected chi connectivity index (χ1v) is 7.28. The number of thiazole rings is 1. The molecule has 0 atom stereocenters. The maximum absolute atomic E-state index is 4.50. The molecule has 0 N–H and O–H groups in total. The van der Waals surface area contributed by atoms with Crippen LogP contribution in [0.25, 0.3) is 10.6 Å². The minimum atomic E-state index is 0.178. The molecule has 3 heteroatoms. The molecule has 1 aromatic carbocycles. The topological polar surface area (TPSA) is 12.9 Å². The van der Waals surface area contributed by atoms with Gasteiger partial charge in [0.15, 0.2) is 0 Å². The molecule has 0 unspecified atom stereocenters.